The van der Waals surface area contributed by atoms with Gasteiger partial charge in [0.2, 0.25) is 10.0 Å². The second kappa shape index (κ2) is 9.83. The summed E-state index contributed by atoms with van der Waals surface area (Å²) in [6, 6.07) is 18.0. The first kappa shape index (κ1) is 26.1. The highest BCUT2D eigenvalue weighted by Gasteiger charge is 2.36. The summed E-state index contributed by atoms with van der Waals surface area (Å²) in [5, 5.41) is 9.32. The van der Waals surface area contributed by atoms with Gasteiger partial charge < -0.3 is 9.52 Å². The van der Waals surface area contributed by atoms with E-state index in [4.69, 9.17) is 9.52 Å². The van der Waals surface area contributed by atoms with Gasteiger partial charge >= 0.3 is 11.6 Å². The third-order valence-corrected chi connectivity index (χ3v) is 9.95. The van der Waals surface area contributed by atoms with Crippen molar-refractivity contribution in [1.82, 2.24) is 0 Å². The van der Waals surface area contributed by atoms with E-state index in [-0.39, 0.29) is 30.8 Å². The molecule has 4 rings (SSSR count). The van der Waals surface area contributed by atoms with Crippen LogP contribution in [0.3, 0.4) is 0 Å². The van der Waals surface area contributed by atoms with Gasteiger partial charge in [-0.15, -0.1) is 0 Å². The molecule has 0 amide bonds. The number of carboxylic acids is 1. The average molecular weight is 542 g/mol. The molecule has 0 fully saturated rings. The molecular weight excluding hydrogens is 518 g/mol. The number of hydrogen-bond donors (Lipinski definition) is 1. The Hall–Kier alpha value is -3.96. The zero-order chi connectivity index (χ0) is 27.0. The molecule has 0 bridgehead atoms. The van der Waals surface area contributed by atoms with Crippen molar-refractivity contribution in [3.8, 4) is 11.1 Å². The number of aliphatic carboxylic acids is 1. The minimum Gasteiger partial charge on any atom is -0.481 e. The summed E-state index contributed by atoms with van der Waals surface area (Å²) < 4.78 is 59.4. The fourth-order valence-electron chi connectivity index (χ4n) is 3.84. The number of aryl methyl sites for hydroxylation is 2. The minimum atomic E-state index is -4.66. The van der Waals surface area contributed by atoms with Crippen molar-refractivity contribution in [2.75, 3.05) is 9.46 Å². The van der Waals surface area contributed by atoms with E-state index in [1.807, 2.05) is 19.1 Å². The monoisotopic (exact) mass is 541 g/mol. The number of hydrogen-bond acceptors (Lipinski definition) is 7. The highest BCUT2D eigenvalue weighted by Crippen LogP contribution is 2.32. The van der Waals surface area contributed by atoms with Gasteiger partial charge in [-0.1, -0.05) is 42.0 Å². The van der Waals surface area contributed by atoms with E-state index >= 15 is 0 Å². The second-order valence-corrected chi connectivity index (χ2v) is 12.4. The van der Waals surface area contributed by atoms with Crippen molar-refractivity contribution < 1.29 is 31.2 Å². The molecule has 0 saturated heterocycles. The number of anilines is 1. The molecule has 4 aromatic rings. The van der Waals surface area contributed by atoms with Crippen LogP contribution in [-0.4, -0.2) is 33.7 Å². The molecule has 1 heterocycles. The molecule has 0 unspecified atom stereocenters. The Labute approximate surface area is 213 Å². The van der Waals surface area contributed by atoms with Crippen LogP contribution in [-0.2, 0) is 24.8 Å². The zero-order valence-electron chi connectivity index (χ0n) is 19.9. The standard InChI is InChI=1S/C26H23NO8S2/c1-17-7-10-21(11-8-17)37(33,34)27(36(31,32)14-13-25(28)29)20-9-12-24-19(15-20)16-23(26(30)35-24)22-6-4-3-5-18(22)2/h3-12,15-16H,13-14H2,1-2H3,(H,28,29). The van der Waals surface area contributed by atoms with Crippen LogP contribution in [0.25, 0.3) is 22.1 Å². The van der Waals surface area contributed by atoms with E-state index in [2.05, 4.69) is 0 Å². The molecule has 0 spiro atoms. The first-order valence-corrected chi connectivity index (χ1v) is 14.2. The van der Waals surface area contributed by atoms with E-state index in [1.54, 1.807) is 19.1 Å². The molecule has 1 N–H and O–H groups in total. The van der Waals surface area contributed by atoms with Crippen LogP contribution < -0.4 is 9.34 Å². The van der Waals surface area contributed by atoms with Crippen molar-refractivity contribution in [1.29, 1.82) is 0 Å². The van der Waals surface area contributed by atoms with Crippen molar-refractivity contribution in [3.05, 3.63) is 94.3 Å². The summed E-state index contributed by atoms with van der Waals surface area (Å²) in [6.07, 6.45) is -0.790. The number of carboxylic acid groups (broad SMARTS) is 1. The maximum Gasteiger partial charge on any atom is 0.344 e. The fourth-order valence-corrected chi connectivity index (χ4v) is 7.61. The quantitative estimate of drug-likeness (QED) is 0.329. The van der Waals surface area contributed by atoms with Gasteiger partial charge in [-0.25, -0.2) is 21.6 Å². The van der Waals surface area contributed by atoms with Crippen LogP contribution in [0.1, 0.15) is 17.5 Å². The predicted octanol–water partition coefficient (Wildman–Crippen LogP) is 4.08. The van der Waals surface area contributed by atoms with Gasteiger partial charge in [0.1, 0.15) is 5.58 Å². The lowest BCUT2D eigenvalue weighted by atomic mass is 10.0. The van der Waals surface area contributed by atoms with Gasteiger partial charge in [0, 0.05) is 5.39 Å². The second-order valence-electron chi connectivity index (χ2n) is 8.46. The van der Waals surface area contributed by atoms with Crippen molar-refractivity contribution in [2.24, 2.45) is 0 Å². The SMILES string of the molecule is Cc1ccc(S(=O)(=O)N(c2ccc3oc(=O)c(-c4ccccc4C)cc3c2)S(=O)(=O)CCC(=O)O)cc1. The predicted molar refractivity (Wildman–Crippen MR) is 140 cm³/mol. The molecular formula is C26H23NO8S2. The molecule has 0 aliphatic heterocycles. The number of rotatable bonds is 8. The van der Waals surface area contributed by atoms with Gasteiger partial charge in [0.25, 0.3) is 10.0 Å². The first-order chi connectivity index (χ1) is 17.4. The topological polar surface area (TPSA) is 139 Å². The molecule has 9 nitrogen and oxygen atoms in total. The lowest BCUT2D eigenvalue weighted by Crippen LogP contribution is -2.39. The molecule has 11 heteroatoms. The number of benzene rings is 3. The van der Waals surface area contributed by atoms with Crippen molar-refractivity contribution >= 4 is 42.7 Å². The van der Waals surface area contributed by atoms with Crippen LogP contribution in [0.15, 0.2) is 86.9 Å². The highest BCUT2D eigenvalue weighted by molar-refractivity contribution is 8.10. The molecule has 192 valence electrons. The molecule has 0 aliphatic rings. The zero-order valence-corrected chi connectivity index (χ0v) is 21.5. The lowest BCUT2D eigenvalue weighted by Gasteiger charge is -2.24. The molecule has 0 saturated carbocycles. The Kier molecular flexibility index (Phi) is 6.94. The van der Waals surface area contributed by atoms with Gasteiger partial charge in [0.05, 0.1) is 28.3 Å². The molecule has 3 aromatic carbocycles. The maximum atomic E-state index is 13.6. The molecule has 0 radical (unpaired) electrons. The van der Waals surface area contributed by atoms with Crippen molar-refractivity contribution in [2.45, 2.75) is 25.2 Å². The summed E-state index contributed by atoms with van der Waals surface area (Å²) in [7, 11) is -9.32. The van der Waals surface area contributed by atoms with Gasteiger partial charge in [0.15, 0.2) is 0 Å². The van der Waals surface area contributed by atoms with E-state index in [9.17, 15) is 26.4 Å². The van der Waals surface area contributed by atoms with E-state index in [0.29, 0.717) is 5.56 Å². The number of fused-ring (bicyclic) bond motifs is 1. The van der Waals surface area contributed by atoms with Gasteiger partial charge in [-0.05, 0) is 61.4 Å². The lowest BCUT2D eigenvalue weighted by molar-refractivity contribution is -0.136. The summed E-state index contributed by atoms with van der Waals surface area (Å²) in [6.45, 7) is 3.57. The summed E-state index contributed by atoms with van der Waals surface area (Å²) in [4.78, 5) is 23.5. The largest absolute Gasteiger partial charge is 0.481 e. The van der Waals surface area contributed by atoms with Gasteiger partial charge in [-0.2, -0.15) is 3.71 Å². The summed E-state index contributed by atoms with van der Waals surface area (Å²) >= 11 is 0. The minimum absolute atomic E-state index is 0.127. The average Bonchev–Trinajstić information content (AvgIpc) is 2.83. The van der Waals surface area contributed by atoms with Crippen molar-refractivity contribution in [3.63, 3.8) is 0 Å². The Morgan fingerprint density at radius 1 is 0.892 bits per heavy atom. The Balaban J connectivity index is 1.93. The summed E-state index contributed by atoms with van der Waals surface area (Å²) in [5.74, 6) is -2.33. The van der Waals surface area contributed by atoms with Crippen LogP contribution in [0.2, 0.25) is 0 Å². The maximum absolute atomic E-state index is 13.6. The van der Waals surface area contributed by atoms with Gasteiger partial charge in [-0.3, -0.25) is 4.79 Å². The molecule has 1 aromatic heterocycles. The fraction of sp³-hybridized carbons (Fsp3) is 0.154. The van der Waals surface area contributed by atoms with Crippen LogP contribution >= 0.6 is 0 Å². The highest BCUT2D eigenvalue weighted by atomic mass is 32.3. The number of carbonyl (C=O) groups is 1. The molecule has 0 atom stereocenters. The van der Waals surface area contributed by atoms with Crippen LogP contribution in [0, 0.1) is 13.8 Å². The van der Waals surface area contributed by atoms with Crippen LogP contribution in [0.5, 0.6) is 0 Å². The third kappa shape index (κ3) is 5.27. The number of nitrogens with zero attached hydrogens (tertiary/aromatic N) is 1. The Bertz CT molecular complexity index is 1770. The normalized spacial score (nSPS) is 11.9. The Morgan fingerprint density at radius 2 is 1.57 bits per heavy atom. The number of sulfonamides is 2. The van der Waals surface area contributed by atoms with E-state index in [0.717, 1.165) is 11.1 Å². The summed E-state index contributed by atoms with van der Waals surface area (Å²) in [5.41, 5.74) is 1.69. The van der Waals surface area contributed by atoms with E-state index < -0.39 is 43.8 Å². The smallest absolute Gasteiger partial charge is 0.344 e. The molecule has 0 aliphatic carbocycles. The third-order valence-electron chi connectivity index (χ3n) is 5.73. The van der Waals surface area contributed by atoms with Crippen LogP contribution in [0.4, 0.5) is 5.69 Å². The Morgan fingerprint density at radius 3 is 2.22 bits per heavy atom. The molecule has 37 heavy (non-hydrogen) atoms. The van der Waals surface area contributed by atoms with E-state index in [1.165, 1.54) is 48.5 Å². The first-order valence-electron chi connectivity index (χ1n) is 11.1.